The first-order valence-electron chi connectivity index (χ1n) is 5.25. The molecule has 0 spiro atoms. The smallest absolute Gasteiger partial charge is 0.335 e. The van der Waals surface area contributed by atoms with Crippen molar-refractivity contribution in [2.75, 3.05) is 5.01 Å². The Balaban J connectivity index is 3.19. The van der Waals surface area contributed by atoms with Crippen LogP contribution in [0.2, 0.25) is 0 Å². The lowest BCUT2D eigenvalue weighted by Crippen LogP contribution is -2.46. The zero-order chi connectivity index (χ0) is 13.9. The molecule has 0 unspecified atom stereocenters. The second kappa shape index (κ2) is 4.91. The number of rotatable bonds is 3. The van der Waals surface area contributed by atoms with Crippen LogP contribution < -0.4 is 5.01 Å². The Morgan fingerprint density at radius 2 is 1.78 bits per heavy atom. The van der Waals surface area contributed by atoms with Crippen LogP contribution in [0.25, 0.3) is 0 Å². The Labute approximate surface area is 104 Å². The summed E-state index contributed by atoms with van der Waals surface area (Å²) in [7, 11) is 0. The van der Waals surface area contributed by atoms with Crippen molar-refractivity contribution >= 4 is 11.7 Å². The summed E-state index contributed by atoms with van der Waals surface area (Å²) in [6.07, 6.45) is 0. The lowest BCUT2D eigenvalue weighted by Gasteiger charge is -2.25. The minimum Gasteiger partial charge on any atom is -0.478 e. The van der Waals surface area contributed by atoms with E-state index < -0.39 is 11.5 Å². The summed E-state index contributed by atoms with van der Waals surface area (Å²) in [6, 6.07) is 5.84. The molecule has 0 atom stereocenters. The molecule has 1 rings (SSSR count). The first-order valence-corrected chi connectivity index (χ1v) is 5.25. The number of carboxylic acid groups (broad SMARTS) is 1. The predicted octanol–water partition coefficient (Wildman–Crippen LogP) is 2.15. The zero-order valence-electron chi connectivity index (χ0n) is 10.4. The van der Waals surface area contributed by atoms with Gasteiger partial charge in [-0.3, -0.25) is 0 Å². The van der Waals surface area contributed by atoms with Gasteiger partial charge in [0.25, 0.3) is 10.2 Å². The van der Waals surface area contributed by atoms with Crippen molar-refractivity contribution in [2.45, 2.75) is 26.3 Å². The van der Waals surface area contributed by atoms with E-state index in [4.69, 9.17) is 10.3 Å². The number of carboxylic acids is 1. The van der Waals surface area contributed by atoms with Gasteiger partial charge in [0.05, 0.1) is 11.1 Å². The van der Waals surface area contributed by atoms with E-state index in [1.807, 2.05) is 0 Å². The molecule has 7 heteroatoms. The molecule has 1 aromatic carbocycles. The van der Waals surface area contributed by atoms with Crippen molar-refractivity contribution in [1.29, 1.82) is 0 Å². The zero-order valence-corrected chi connectivity index (χ0v) is 10.4. The van der Waals surface area contributed by atoms with E-state index in [1.54, 1.807) is 20.8 Å². The van der Waals surface area contributed by atoms with Crippen molar-refractivity contribution in [1.82, 2.24) is 0 Å². The third kappa shape index (κ3) is 2.88. The van der Waals surface area contributed by atoms with Gasteiger partial charge in [0.15, 0.2) is 0 Å². The van der Waals surface area contributed by atoms with Crippen LogP contribution in [-0.4, -0.2) is 32.0 Å². The highest BCUT2D eigenvalue weighted by Gasteiger charge is 2.34. The average Bonchev–Trinajstić information content (AvgIpc) is 2.27. The normalized spacial score (nSPS) is 12.3. The number of hydrogen-bond acceptors (Lipinski definition) is 2. The van der Waals surface area contributed by atoms with Crippen LogP contribution >= 0.6 is 0 Å². The fourth-order valence-corrected chi connectivity index (χ4v) is 1.54. The van der Waals surface area contributed by atoms with Gasteiger partial charge in [0, 0.05) is 0 Å². The van der Waals surface area contributed by atoms with E-state index in [0.29, 0.717) is 10.7 Å². The summed E-state index contributed by atoms with van der Waals surface area (Å²) in [4.78, 5) is 11.0. The molecule has 0 bridgehead atoms. The van der Waals surface area contributed by atoms with Crippen LogP contribution in [0.4, 0.5) is 5.69 Å². The first kappa shape index (κ1) is 13.8. The number of carbonyl (C=O) groups is 1. The van der Waals surface area contributed by atoms with E-state index in [2.05, 4.69) is 5.28 Å². The summed E-state index contributed by atoms with van der Waals surface area (Å²) >= 11 is 0. The van der Waals surface area contributed by atoms with Crippen LogP contribution in [-0.2, 0) is 0 Å². The summed E-state index contributed by atoms with van der Waals surface area (Å²) in [5, 5.41) is 30.9. The standard InChI is InChI=1S/C11H15N3O4/c1-11(2,3)13(14(18)12-17)9-6-4-8(5-7-9)10(15)16/h4-7,18H,1-3H3,(H,15,16)/p+1. The topological polar surface area (TPSA) is 96.4 Å². The minimum atomic E-state index is -1.03. The molecule has 3 N–H and O–H groups in total. The van der Waals surface area contributed by atoms with Crippen molar-refractivity contribution < 1.29 is 25.3 Å². The molecule has 0 fully saturated rings. The van der Waals surface area contributed by atoms with Crippen molar-refractivity contribution in [3.63, 3.8) is 0 Å². The second-order valence-corrected chi connectivity index (χ2v) is 4.69. The molecule has 0 aliphatic rings. The van der Waals surface area contributed by atoms with E-state index in [9.17, 15) is 10.0 Å². The minimum absolute atomic E-state index is 0.137. The maximum absolute atomic E-state index is 10.7. The predicted molar refractivity (Wildman–Crippen MR) is 61.9 cm³/mol. The molecule has 0 heterocycles. The number of aromatic carboxylic acids is 1. The number of anilines is 1. The van der Waals surface area contributed by atoms with Crippen LogP contribution in [0, 0.1) is 0 Å². The Kier molecular flexibility index (Phi) is 3.75. The van der Waals surface area contributed by atoms with Crippen molar-refractivity contribution in [3.8, 4) is 0 Å². The molecule has 0 radical (unpaired) electrons. The third-order valence-corrected chi connectivity index (χ3v) is 2.25. The number of hydrogen-bond donors (Lipinski definition) is 3. The first-order chi connectivity index (χ1) is 8.27. The maximum Gasteiger partial charge on any atom is 0.335 e. The van der Waals surface area contributed by atoms with Gasteiger partial charge in [-0.1, -0.05) is 5.01 Å². The Morgan fingerprint density at radius 3 is 2.11 bits per heavy atom. The van der Waals surface area contributed by atoms with Crippen LogP contribution in [0.15, 0.2) is 29.5 Å². The highest BCUT2D eigenvalue weighted by molar-refractivity contribution is 5.88. The molecular formula is C11H16N3O4+. The monoisotopic (exact) mass is 254 g/mol. The second-order valence-electron chi connectivity index (χ2n) is 4.69. The Morgan fingerprint density at radius 1 is 1.28 bits per heavy atom. The molecule has 7 nitrogen and oxygen atoms in total. The highest BCUT2D eigenvalue weighted by atomic mass is 16.6. The summed E-state index contributed by atoms with van der Waals surface area (Å²) in [6.45, 7) is 5.39. The SMILES string of the molecule is CC(C)(C)N(c1ccc(C(=O)O)cc1)[N+](O)=NO. The summed E-state index contributed by atoms with van der Waals surface area (Å²) in [5.74, 6) is -1.03. The molecule has 1 aromatic rings. The Bertz CT molecular complexity index is 462. The fraction of sp³-hybridized carbons (Fsp3) is 0.364. The number of nitrogens with zero attached hydrogens (tertiary/aromatic N) is 3. The highest BCUT2D eigenvalue weighted by Crippen LogP contribution is 2.24. The lowest BCUT2D eigenvalue weighted by atomic mass is 10.1. The molecule has 18 heavy (non-hydrogen) atoms. The van der Waals surface area contributed by atoms with Gasteiger partial charge in [0.2, 0.25) is 0 Å². The maximum atomic E-state index is 10.7. The molecule has 0 amide bonds. The largest absolute Gasteiger partial charge is 0.478 e. The lowest BCUT2D eigenvalue weighted by molar-refractivity contribution is -0.848. The van der Waals surface area contributed by atoms with E-state index in [0.717, 1.165) is 0 Å². The summed E-state index contributed by atoms with van der Waals surface area (Å²) in [5.41, 5.74) is 0.0666. The molecule has 0 saturated heterocycles. The van der Waals surface area contributed by atoms with Crippen LogP contribution in [0.1, 0.15) is 31.1 Å². The van der Waals surface area contributed by atoms with Gasteiger partial charge in [-0.2, -0.15) is 0 Å². The van der Waals surface area contributed by atoms with Crippen LogP contribution in [0.5, 0.6) is 0 Å². The average molecular weight is 254 g/mol. The molecule has 0 saturated carbocycles. The molecule has 98 valence electrons. The number of benzene rings is 1. The molecule has 0 aromatic heterocycles. The van der Waals surface area contributed by atoms with Crippen molar-refractivity contribution in [3.05, 3.63) is 29.8 Å². The van der Waals surface area contributed by atoms with Gasteiger partial charge in [-0.25, -0.2) is 10.0 Å². The van der Waals surface area contributed by atoms with Gasteiger partial charge in [-0.15, -0.1) is 0 Å². The van der Waals surface area contributed by atoms with Crippen molar-refractivity contribution in [2.24, 2.45) is 5.28 Å². The van der Waals surface area contributed by atoms with E-state index in [1.165, 1.54) is 29.3 Å². The van der Waals surface area contributed by atoms with E-state index in [-0.39, 0.29) is 5.56 Å². The quantitative estimate of drug-likeness (QED) is 0.436. The van der Waals surface area contributed by atoms with Gasteiger partial charge >= 0.3 is 5.97 Å². The molecule has 0 aliphatic heterocycles. The van der Waals surface area contributed by atoms with Gasteiger partial charge in [-0.05, 0) is 45.0 Å². The molecular weight excluding hydrogens is 238 g/mol. The number of hydrazine groups is 1. The van der Waals surface area contributed by atoms with E-state index >= 15 is 0 Å². The fourth-order valence-electron chi connectivity index (χ4n) is 1.54. The third-order valence-electron chi connectivity index (χ3n) is 2.25. The molecule has 0 aliphatic carbocycles. The summed E-state index contributed by atoms with van der Waals surface area (Å²) < 4.78 is 0. The Hall–Kier alpha value is -2.31. The van der Waals surface area contributed by atoms with Gasteiger partial charge < -0.3 is 10.3 Å². The van der Waals surface area contributed by atoms with Crippen LogP contribution in [0.3, 0.4) is 0 Å². The van der Waals surface area contributed by atoms with Gasteiger partial charge in [0.1, 0.15) is 5.69 Å².